The number of hydrogen-bond donors (Lipinski definition) is 0. The minimum absolute atomic E-state index is 0.234. The van der Waals surface area contributed by atoms with Crippen molar-refractivity contribution in [3.8, 4) is 5.75 Å². The molecule has 0 bridgehead atoms. The molecular formula is C13H16O3. The van der Waals surface area contributed by atoms with Crippen molar-refractivity contribution in [1.29, 1.82) is 0 Å². The predicted octanol–water partition coefficient (Wildman–Crippen LogP) is 2.41. The van der Waals surface area contributed by atoms with Crippen molar-refractivity contribution in [3.63, 3.8) is 0 Å². The minimum Gasteiger partial charge on any atom is -0.490 e. The standard InChI is InChI=1S/C13H16O3/c1-4-13(14)16-9-8-15-12-7-5-6-10(2)11(12)3/h4-7H,1,8-9H2,2-3H3. The lowest BCUT2D eigenvalue weighted by molar-refractivity contribution is -0.138. The number of carbonyl (C=O) groups excluding carboxylic acids is 1. The number of aryl methyl sites for hydroxylation is 1. The molecule has 0 aliphatic heterocycles. The van der Waals surface area contributed by atoms with Gasteiger partial charge in [-0.15, -0.1) is 0 Å². The smallest absolute Gasteiger partial charge is 0.330 e. The fraction of sp³-hybridized carbons (Fsp3) is 0.308. The second-order valence-corrected chi connectivity index (χ2v) is 3.42. The molecule has 1 rings (SSSR count). The van der Waals surface area contributed by atoms with Gasteiger partial charge in [0.1, 0.15) is 19.0 Å². The zero-order valence-corrected chi connectivity index (χ0v) is 9.66. The molecule has 0 heterocycles. The molecule has 16 heavy (non-hydrogen) atoms. The van der Waals surface area contributed by atoms with Crippen LogP contribution in [0.4, 0.5) is 0 Å². The molecule has 0 aliphatic carbocycles. The monoisotopic (exact) mass is 220 g/mol. The van der Waals surface area contributed by atoms with Crippen LogP contribution in [0.3, 0.4) is 0 Å². The van der Waals surface area contributed by atoms with Gasteiger partial charge in [-0.1, -0.05) is 18.7 Å². The first-order valence-corrected chi connectivity index (χ1v) is 5.13. The fourth-order valence-corrected chi connectivity index (χ4v) is 1.23. The Morgan fingerprint density at radius 2 is 2.12 bits per heavy atom. The van der Waals surface area contributed by atoms with Crippen molar-refractivity contribution >= 4 is 5.97 Å². The molecule has 0 saturated carbocycles. The largest absolute Gasteiger partial charge is 0.490 e. The second kappa shape index (κ2) is 5.95. The number of esters is 1. The third kappa shape index (κ3) is 3.42. The molecule has 0 saturated heterocycles. The van der Waals surface area contributed by atoms with Crippen molar-refractivity contribution in [3.05, 3.63) is 42.0 Å². The third-order valence-corrected chi connectivity index (χ3v) is 2.31. The summed E-state index contributed by atoms with van der Waals surface area (Å²) in [6.07, 6.45) is 1.14. The van der Waals surface area contributed by atoms with E-state index >= 15 is 0 Å². The van der Waals surface area contributed by atoms with Crippen molar-refractivity contribution < 1.29 is 14.3 Å². The summed E-state index contributed by atoms with van der Waals surface area (Å²) in [5, 5.41) is 0. The molecule has 0 unspecified atom stereocenters. The maximum atomic E-state index is 10.7. The van der Waals surface area contributed by atoms with Gasteiger partial charge in [0.15, 0.2) is 0 Å². The van der Waals surface area contributed by atoms with Crippen LogP contribution in [0.25, 0.3) is 0 Å². The van der Waals surface area contributed by atoms with Gasteiger partial charge < -0.3 is 9.47 Å². The van der Waals surface area contributed by atoms with E-state index in [2.05, 4.69) is 6.58 Å². The summed E-state index contributed by atoms with van der Waals surface area (Å²) in [6.45, 7) is 7.92. The zero-order valence-electron chi connectivity index (χ0n) is 9.66. The molecule has 1 aromatic rings. The topological polar surface area (TPSA) is 35.5 Å². The Kier molecular flexibility index (Phi) is 4.58. The lowest BCUT2D eigenvalue weighted by atomic mass is 10.1. The first kappa shape index (κ1) is 12.3. The van der Waals surface area contributed by atoms with Crippen molar-refractivity contribution in [2.75, 3.05) is 13.2 Å². The molecular weight excluding hydrogens is 204 g/mol. The summed E-state index contributed by atoms with van der Waals surface area (Å²) in [5.74, 6) is 0.402. The minimum atomic E-state index is -0.426. The molecule has 86 valence electrons. The predicted molar refractivity (Wildman–Crippen MR) is 62.6 cm³/mol. The van der Waals surface area contributed by atoms with Gasteiger partial charge in [0.05, 0.1) is 0 Å². The Hall–Kier alpha value is -1.77. The van der Waals surface area contributed by atoms with Gasteiger partial charge in [0.2, 0.25) is 0 Å². The quantitative estimate of drug-likeness (QED) is 0.434. The van der Waals surface area contributed by atoms with Gasteiger partial charge in [-0.3, -0.25) is 0 Å². The van der Waals surface area contributed by atoms with Crippen LogP contribution in [0.1, 0.15) is 11.1 Å². The highest BCUT2D eigenvalue weighted by molar-refractivity contribution is 5.81. The molecule has 0 fully saturated rings. The Balaban J connectivity index is 2.40. The fourth-order valence-electron chi connectivity index (χ4n) is 1.23. The van der Waals surface area contributed by atoms with E-state index in [0.717, 1.165) is 17.4 Å². The van der Waals surface area contributed by atoms with Crippen LogP contribution >= 0.6 is 0 Å². The van der Waals surface area contributed by atoms with Crippen LogP contribution in [0, 0.1) is 13.8 Å². The summed E-state index contributed by atoms with van der Waals surface area (Å²) in [5.41, 5.74) is 2.29. The van der Waals surface area contributed by atoms with Gasteiger partial charge in [0.25, 0.3) is 0 Å². The molecule has 0 N–H and O–H groups in total. The van der Waals surface area contributed by atoms with Gasteiger partial charge in [-0.05, 0) is 31.0 Å². The normalized spacial score (nSPS) is 9.62. The van der Waals surface area contributed by atoms with Crippen molar-refractivity contribution in [1.82, 2.24) is 0 Å². The molecule has 0 amide bonds. The van der Waals surface area contributed by atoms with E-state index in [0.29, 0.717) is 6.61 Å². The summed E-state index contributed by atoms with van der Waals surface area (Å²) in [4.78, 5) is 10.7. The van der Waals surface area contributed by atoms with Crippen molar-refractivity contribution in [2.24, 2.45) is 0 Å². The van der Waals surface area contributed by atoms with Crippen LogP contribution in [0.2, 0.25) is 0 Å². The van der Waals surface area contributed by atoms with Gasteiger partial charge in [0, 0.05) is 6.08 Å². The van der Waals surface area contributed by atoms with E-state index in [9.17, 15) is 4.79 Å². The van der Waals surface area contributed by atoms with E-state index in [-0.39, 0.29) is 6.61 Å². The first-order valence-electron chi connectivity index (χ1n) is 5.13. The van der Waals surface area contributed by atoms with Crippen LogP contribution < -0.4 is 4.74 Å². The Morgan fingerprint density at radius 3 is 2.81 bits per heavy atom. The Bertz CT molecular complexity index is 383. The maximum absolute atomic E-state index is 10.7. The summed E-state index contributed by atoms with van der Waals surface area (Å²) < 4.78 is 10.3. The maximum Gasteiger partial charge on any atom is 0.330 e. The molecule has 3 heteroatoms. The molecule has 0 atom stereocenters. The molecule has 0 aliphatic rings. The van der Waals surface area contributed by atoms with E-state index in [4.69, 9.17) is 9.47 Å². The third-order valence-electron chi connectivity index (χ3n) is 2.31. The highest BCUT2D eigenvalue weighted by Crippen LogP contribution is 2.20. The lowest BCUT2D eigenvalue weighted by Gasteiger charge is -2.10. The summed E-state index contributed by atoms with van der Waals surface area (Å²) >= 11 is 0. The zero-order chi connectivity index (χ0) is 12.0. The highest BCUT2D eigenvalue weighted by Gasteiger charge is 2.01. The molecule has 0 radical (unpaired) electrons. The van der Waals surface area contributed by atoms with Crippen LogP contribution in [0.15, 0.2) is 30.9 Å². The molecule has 0 spiro atoms. The summed E-state index contributed by atoms with van der Waals surface area (Å²) in [7, 11) is 0. The molecule has 1 aromatic carbocycles. The number of hydrogen-bond acceptors (Lipinski definition) is 3. The molecule has 3 nitrogen and oxygen atoms in total. The summed E-state index contributed by atoms with van der Waals surface area (Å²) in [6, 6.07) is 5.87. The number of rotatable bonds is 5. The number of benzene rings is 1. The van der Waals surface area contributed by atoms with Crippen LogP contribution in [-0.4, -0.2) is 19.2 Å². The lowest BCUT2D eigenvalue weighted by Crippen LogP contribution is -2.10. The Morgan fingerprint density at radius 1 is 1.38 bits per heavy atom. The highest BCUT2D eigenvalue weighted by atomic mass is 16.6. The van der Waals surface area contributed by atoms with Gasteiger partial charge in [-0.25, -0.2) is 4.79 Å². The average Bonchev–Trinajstić information content (AvgIpc) is 2.29. The number of ether oxygens (including phenoxy) is 2. The van der Waals surface area contributed by atoms with Gasteiger partial charge in [-0.2, -0.15) is 0 Å². The van der Waals surface area contributed by atoms with E-state index in [1.54, 1.807) is 0 Å². The molecule has 0 aromatic heterocycles. The Labute approximate surface area is 95.7 Å². The van der Waals surface area contributed by atoms with Crippen LogP contribution in [0.5, 0.6) is 5.75 Å². The average molecular weight is 220 g/mol. The van der Waals surface area contributed by atoms with Crippen LogP contribution in [-0.2, 0) is 9.53 Å². The first-order chi connectivity index (χ1) is 7.65. The van der Waals surface area contributed by atoms with E-state index in [1.807, 2.05) is 32.0 Å². The number of carbonyl (C=O) groups is 1. The SMILES string of the molecule is C=CC(=O)OCCOc1cccc(C)c1C. The second-order valence-electron chi connectivity index (χ2n) is 3.42. The van der Waals surface area contributed by atoms with E-state index in [1.165, 1.54) is 5.56 Å². The van der Waals surface area contributed by atoms with Crippen molar-refractivity contribution in [2.45, 2.75) is 13.8 Å². The van der Waals surface area contributed by atoms with E-state index < -0.39 is 5.97 Å². The van der Waals surface area contributed by atoms with Gasteiger partial charge >= 0.3 is 5.97 Å².